The zero-order valence-corrected chi connectivity index (χ0v) is 24.9. The summed E-state index contributed by atoms with van der Waals surface area (Å²) in [6.45, 7) is 9.97. The van der Waals surface area contributed by atoms with Crippen molar-refractivity contribution in [2.75, 3.05) is 0 Å². The van der Waals surface area contributed by atoms with Crippen LogP contribution >= 0.6 is 12.6 Å². The van der Waals surface area contributed by atoms with E-state index in [0.717, 1.165) is 93.7 Å². The molecule has 3 aromatic heterocycles. The Morgan fingerprint density at radius 1 is 0.690 bits per heavy atom. The molecule has 0 saturated heterocycles. The first kappa shape index (κ1) is 26.3. The van der Waals surface area contributed by atoms with Crippen LogP contribution in [0.15, 0.2) is 104 Å². The molecule has 0 spiro atoms. The normalized spacial score (nSPS) is 12.3. The molecule has 0 aliphatic rings. The van der Waals surface area contributed by atoms with Crippen molar-refractivity contribution in [3.8, 4) is 22.3 Å². The summed E-state index contributed by atoms with van der Waals surface area (Å²) < 4.78 is 19.5. The van der Waals surface area contributed by atoms with Crippen LogP contribution in [-0.4, -0.2) is 7.85 Å². The van der Waals surface area contributed by atoms with Gasteiger partial charge in [0.05, 0.1) is 0 Å². The zero-order chi connectivity index (χ0) is 29.1. The molecule has 0 atom stereocenters. The van der Waals surface area contributed by atoms with E-state index in [1.807, 2.05) is 51.1 Å². The van der Waals surface area contributed by atoms with Gasteiger partial charge in [0.2, 0.25) is 0 Å². The van der Waals surface area contributed by atoms with Crippen LogP contribution in [0.25, 0.3) is 78.3 Å². The maximum absolute atomic E-state index is 6.61. The van der Waals surface area contributed by atoms with Crippen LogP contribution in [0, 0.1) is 13.8 Å². The highest BCUT2D eigenvalue weighted by molar-refractivity contribution is 7.80. The molecule has 0 amide bonds. The van der Waals surface area contributed by atoms with Crippen molar-refractivity contribution in [2.45, 2.75) is 25.7 Å². The SMILES string of the molecule is Bc1ccc(-c2ccc(-c3ccc(S)c4c3oc3ccccc34)c3oc(C)c(/C=C\C=C)c23)c2oc(C)c(/C=C\C)c12. The first-order valence-corrected chi connectivity index (χ1v) is 14.5. The van der Waals surface area contributed by atoms with E-state index in [0.29, 0.717) is 0 Å². The summed E-state index contributed by atoms with van der Waals surface area (Å²) in [7, 11) is 2.14. The van der Waals surface area contributed by atoms with Crippen molar-refractivity contribution >= 4 is 82.0 Å². The molecule has 42 heavy (non-hydrogen) atoms. The largest absolute Gasteiger partial charge is 0.460 e. The molecule has 0 N–H and O–H groups in total. The minimum Gasteiger partial charge on any atom is -0.460 e. The lowest BCUT2D eigenvalue weighted by atomic mass is 9.86. The third-order valence-electron chi connectivity index (χ3n) is 8.15. The van der Waals surface area contributed by atoms with E-state index in [1.165, 1.54) is 5.46 Å². The topological polar surface area (TPSA) is 39.4 Å². The Balaban J connectivity index is 1.59. The number of hydrogen-bond acceptors (Lipinski definition) is 4. The maximum Gasteiger partial charge on any atom is 0.144 e. The molecule has 0 unspecified atom stereocenters. The first-order chi connectivity index (χ1) is 20.4. The number of fused-ring (bicyclic) bond motifs is 5. The summed E-state index contributed by atoms with van der Waals surface area (Å²) in [5.41, 5.74) is 10.6. The highest BCUT2D eigenvalue weighted by Gasteiger charge is 2.24. The molecule has 0 aliphatic heterocycles. The van der Waals surface area contributed by atoms with Gasteiger partial charge in [-0.1, -0.05) is 78.8 Å². The number of hydrogen-bond donors (Lipinski definition) is 1. The minimum absolute atomic E-state index is 0.797. The van der Waals surface area contributed by atoms with Crippen LogP contribution in [0.1, 0.15) is 29.6 Å². The molecule has 7 rings (SSSR count). The van der Waals surface area contributed by atoms with Crippen LogP contribution in [0.5, 0.6) is 0 Å². The standard InChI is InChI=1S/C37H29BO3S/c1-5-7-11-23-21(4)39-35-26(27-17-19-31(42)34-28-12-8-9-13-30(28)41-37(27)34)15-14-24(32(23)35)25-16-18-29(38)33-22(10-6-2)20(3)40-36(25)33/h5-19,42H,1,38H2,2-4H3/b10-6-,11-7-. The smallest absolute Gasteiger partial charge is 0.144 e. The van der Waals surface area contributed by atoms with Crippen molar-refractivity contribution in [3.05, 3.63) is 108 Å². The fourth-order valence-corrected chi connectivity index (χ4v) is 6.55. The maximum atomic E-state index is 6.61. The lowest BCUT2D eigenvalue weighted by molar-refractivity contribution is 0.578. The second kappa shape index (κ2) is 10.0. The Morgan fingerprint density at radius 3 is 2.02 bits per heavy atom. The molecule has 5 heteroatoms. The van der Waals surface area contributed by atoms with E-state index in [9.17, 15) is 0 Å². The Labute approximate surface area is 250 Å². The number of benzene rings is 4. The lowest BCUT2D eigenvalue weighted by Gasteiger charge is -2.11. The van der Waals surface area contributed by atoms with Gasteiger partial charge in [0.25, 0.3) is 0 Å². The minimum atomic E-state index is 0.797. The van der Waals surface area contributed by atoms with Gasteiger partial charge < -0.3 is 13.3 Å². The average molecular weight is 565 g/mol. The van der Waals surface area contributed by atoms with Crippen LogP contribution in [0.4, 0.5) is 0 Å². The zero-order valence-electron chi connectivity index (χ0n) is 24.0. The van der Waals surface area contributed by atoms with Gasteiger partial charge in [0.1, 0.15) is 41.7 Å². The van der Waals surface area contributed by atoms with E-state index in [2.05, 4.69) is 69.1 Å². The van der Waals surface area contributed by atoms with Gasteiger partial charge in [-0.15, -0.1) is 12.6 Å². The fraction of sp³-hybridized carbons (Fsp3) is 0.0811. The predicted molar refractivity (Wildman–Crippen MR) is 183 cm³/mol. The molecular weight excluding hydrogens is 535 g/mol. The van der Waals surface area contributed by atoms with Crippen molar-refractivity contribution in [1.29, 1.82) is 0 Å². The van der Waals surface area contributed by atoms with Crippen LogP contribution < -0.4 is 5.46 Å². The van der Waals surface area contributed by atoms with Crippen LogP contribution in [0.2, 0.25) is 0 Å². The highest BCUT2D eigenvalue weighted by atomic mass is 32.1. The Bertz CT molecular complexity index is 2270. The van der Waals surface area contributed by atoms with Crippen LogP contribution in [-0.2, 0) is 0 Å². The molecule has 0 radical (unpaired) electrons. The molecule has 7 aromatic rings. The van der Waals surface area contributed by atoms with Gasteiger partial charge in [-0.3, -0.25) is 0 Å². The molecule has 4 aromatic carbocycles. The van der Waals surface area contributed by atoms with Crippen LogP contribution in [0.3, 0.4) is 0 Å². The number of furan rings is 3. The fourth-order valence-electron chi connectivity index (χ4n) is 6.25. The summed E-state index contributed by atoms with van der Waals surface area (Å²) in [5, 5.41) is 4.21. The third-order valence-corrected chi connectivity index (χ3v) is 8.52. The quantitative estimate of drug-likeness (QED) is 0.129. The molecule has 0 aliphatic carbocycles. The molecule has 204 valence electrons. The number of para-hydroxylation sites is 1. The van der Waals surface area contributed by atoms with E-state index in [4.69, 9.17) is 25.9 Å². The van der Waals surface area contributed by atoms with Crippen molar-refractivity contribution < 1.29 is 13.3 Å². The van der Waals surface area contributed by atoms with Gasteiger partial charge in [-0.05, 0) is 50.6 Å². The van der Waals surface area contributed by atoms with E-state index in [-0.39, 0.29) is 0 Å². The van der Waals surface area contributed by atoms with Crippen molar-refractivity contribution in [3.63, 3.8) is 0 Å². The summed E-state index contributed by atoms with van der Waals surface area (Å²) in [4.78, 5) is 0.879. The van der Waals surface area contributed by atoms with E-state index >= 15 is 0 Å². The Morgan fingerprint density at radius 2 is 1.29 bits per heavy atom. The van der Waals surface area contributed by atoms with E-state index < -0.39 is 0 Å². The Hall–Kier alpha value is -4.61. The molecule has 0 bridgehead atoms. The second-order valence-corrected chi connectivity index (χ2v) is 11.2. The Kier molecular flexibility index (Phi) is 6.29. The summed E-state index contributed by atoms with van der Waals surface area (Å²) in [6.07, 6.45) is 9.99. The van der Waals surface area contributed by atoms with Gasteiger partial charge >= 0.3 is 0 Å². The van der Waals surface area contributed by atoms with Crippen molar-refractivity contribution in [2.24, 2.45) is 0 Å². The summed E-state index contributed by atoms with van der Waals surface area (Å²) in [6, 6.07) is 20.8. The first-order valence-electron chi connectivity index (χ1n) is 14.1. The molecule has 3 heterocycles. The number of allylic oxidation sites excluding steroid dienone is 3. The number of aryl methyl sites for hydroxylation is 2. The van der Waals surface area contributed by atoms with Gasteiger partial charge in [-0.2, -0.15) is 0 Å². The monoisotopic (exact) mass is 564 g/mol. The lowest BCUT2D eigenvalue weighted by Crippen LogP contribution is -2.03. The van der Waals surface area contributed by atoms with Gasteiger partial charge in [0.15, 0.2) is 0 Å². The number of thiol groups is 1. The summed E-state index contributed by atoms with van der Waals surface area (Å²) >= 11 is 4.80. The molecule has 3 nitrogen and oxygen atoms in total. The van der Waals surface area contributed by atoms with E-state index in [1.54, 1.807) is 6.08 Å². The summed E-state index contributed by atoms with van der Waals surface area (Å²) in [5.74, 6) is 1.73. The highest BCUT2D eigenvalue weighted by Crippen LogP contribution is 2.46. The van der Waals surface area contributed by atoms with Crippen molar-refractivity contribution in [1.82, 2.24) is 0 Å². The molecular formula is C37H29BO3S. The number of rotatable bonds is 5. The van der Waals surface area contributed by atoms with Gasteiger partial charge in [-0.25, -0.2) is 0 Å². The molecule has 0 fully saturated rings. The van der Waals surface area contributed by atoms with Gasteiger partial charge in [0, 0.05) is 54.3 Å². The predicted octanol–water partition coefficient (Wildman–Crippen LogP) is 9.81. The molecule has 0 saturated carbocycles. The third kappa shape index (κ3) is 3.84. The second-order valence-electron chi connectivity index (χ2n) is 10.7. The average Bonchev–Trinajstić information content (AvgIpc) is 3.64.